The highest BCUT2D eigenvalue weighted by Crippen LogP contribution is 2.28. The summed E-state index contributed by atoms with van der Waals surface area (Å²) in [6.07, 6.45) is 3.06. The lowest BCUT2D eigenvalue weighted by Crippen LogP contribution is -2.49. The zero-order valence-corrected chi connectivity index (χ0v) is 14.8. The number of carbonyl (C=O) groups excluding carboxylic acids is 2. The van der Waals surface area contributed by atoms with Crippen LogP contribution in [0.4, 0.5) is 0 Å². The van der Waals surface area contributed by atoms with E-state index < -0.39 is 6.04 Å². The maximum absolute atomic E-state index is 12.5. The van der Waals surface area contributed by atoms with E-state index in [1.54, 1.807) is 0 Å². The Balaban J connectivity index is 1.95. The number of methoxy groups -OCH3 is 1. The van der Waals surface area contributed by atoms with Crippen LogP contribution in [0.25, 0.3) is 0 Å². The van der Waals surface area contributed by atoms with Crippen LogP contribution in [0.3, 0.4) is 0 Å². The van der Waals surface area contributed by atoms with Crippen molar-refractivity contribution in [2.45, 2.75) is 51.7 Å². The van der Waals surface area contributed by atoms with Crippen molar-refractivity contribution in [2.75, 3.05) is 13.7 Å². The molecule has 1 aliphatic rings. The van der Waals surface area contributed by atoms with Gasteiger partial charge in [0, 0.05) is 12.6 Å². The highest BCUT2D eigenvalue weighted by atomic mass is 16.5. The number of ether oxygens (including phenoxy) is 1. The molecule has 1 N–H and O–H groups in total. The molecule has 1 fully saturated rings. The molecule has 0 aromatic heterocycles. The summed E-state index contributed by atoms with van der Waals surface area (Å²) in [6.45, 7) is 5.01. The van der Waals surface area contributed by atoms with Crippen molar-refractivity contribution >= 4 is 11.9 Å². The number of nitrogens with one attached hydrogen (secondary N) is 1. The smallest absolute Gasteiger partial charge is 0.328 e. The molecule has 0 radical (unpaired) electrons. The van der Waals surface area contributed by atoms with Crippen LogP contribution in [0, 0.1) is 5.92 Å². The minimum absolute atomic E-state index is 0.0462. The summed E-state index contributed by atoms with van der Waals surface area (Å²) in [5, 5.41) is 2.86. The first kappa shape index (κ1) is 18.5. The summed E-state index contributed by atoms with van der Waals surface area (Å²) in [5.74, 6) is -0.447. The van der Waals surface area contributed by atoms with Crippen LogP contribution < -0.4 is 5.32 Å². The predicted octanol–water partition coefficient (Wildman–Crippen LogP) is 2.35. The molecule has 1 aliphatic carbocycles. The molecular weight excluding hydrogens is 304 g/mol. The van der Waals surface area contributed by atoms with E-state index >= 15 is 0 Å². The maximum atomic E-state index is 12.5. The molecule has 2 atom stereocenters. The van der Waals surface area contributed by atoms with Crippen molar-refractivity contribution < 1.29 is 14.3 Å². The first-order valence-electron chi connectivity index (χ1n) is 8.70. The van der Waals surface area contributed by atoms with Gasteiger partial charge >= 0.3 is 5.97 Å². The monoisotopic (exact) mass is 332 g/mol. The van der Waals surface area contributed by atoms with Gasteiger partial charge in [-0.15, -0.1) is 0 Å². The minimum Gasteiger partial charge on any atom is -0.467 e. The van der Waals surface area contributed by atoms with E-state index in [2.05, 4.69) is 22.3 Å². The molecule has 1 aromatic rings. The van der Waals surface area contributed by atoms with Gasteiger partial charge in [0.15, 0.2) is 0 Å². The second-order valence-electron chi connectivity index (χ2n) is 6.58. The van der Waals surface area contributed by atoms with Gasteiger partial charge in [-0.25, -0.2) is 4.79 Å². The fourth-order valence-corrected chi connectivity index (χ4v) is 2.77. The molecule has 132 valence electrons. The van der Waals surface area contributed by atoms with Crippen molar-refractivity contribution in [3.8, 4) is 0 Å². The Morgan fingerprint density at radius 2 is 1.96 bits per heavy atom. The Morgan fingerprint density at radius 3 is 2.50 bits per heavy atom. The zero-order chi connectivity index (χ0) is 17.5. The third-order valence-corrected chi connectivity index (χ3v) is 4.62. The van der Waals surface area contributed by atoms with Crippen molar-refractivity contribution in [3.63, 3.8) is 0 Å². The molecule has 0 aliphatic heterocycles. The van der Waals surface area contributed by atoms with Crippen molar-refractivity contribution in [1.82, 2.24) is 10.2 Å². The number of benzene rings is 1. The molecule has 2 unspecified atom stereocenters. The van der Waals surface area contributed by atoms with E-state index in [-0.39, 0.29) is 17.8 Å². The lowest BCUT2D eigenvalue weighted by Gasteiger charge is -2.25. The van der Waals surface area contributed by atoms with Crippen LogP contribution in [0.1, 0.15) is 38.7 Å². The summed E-state index contributed by atoms with van der Waals surface area (Å²) in [7, 11) is 1.36. The molecule has 0 saturated heterocycles. The van der Waals surface area contributed by atoms with Crippen LogP contribution in [0.5, 0.6) is 0 Å². The van der Waals surface area contributed by atoms with E-state index in [1.165, 1.54) is 12.7 Å². The minimum atomic E-state index is -0.578. The Morgan fingerprint density at radius 1 is 1.29 bits per heavy atom. The van der Waals surface area contributed by atoms with Gasteiger partial charge < -0.3 is 10.1 Å². The summed E-state index contributed by atoms with van der Waals surface area (Å²) >= 11 is 0. The predicted molar refractivity (Wildman–Crippen MR) is 93.3 cm³/mol. The van der Waals surface area contributed by atoms with E-state index in [1.807, 2.05) is 32.0 Å². The second-order valence-corrected chi connectivity index (χ2v) is 6.58. The SMILES string of the molecule is CCC(C)C(NC(=O)CN(Cc1ccccc1)C1CC1)C(=O)OC. The number of rotatable bonds is 9. The quantitative estimate of drug-likeness (QED) is 0.705. The molecule has 1 saturated carbocycles. The Bertz CT molecular complexity index is 543. The number of amides is 1. The first-order chi connectivity index (χ1) is 11.5. The normalized spacial score (nSPS) is 16.5. The number of nitrogens with zero attached hydrogens (tertiary/aromatic N) is 1. The van der Waals surface area contributed by atoms with Gasteiger partial charge in [-0.2, -0.15) is 0 Å². The highest BCUT2D eigenvalue weighted by molar-refractivity contribution is 5.85. The summed E-state index contributed by atoms with van der Waals surface area (Å²) in [5.41, 5.74) is 1.20. The molecular formula is C19H28N2O3. The van der Waals surface area contributed by atoms with Gasteiger partial charge in [-0.1, -0.05) is 50.6 Å². The summed E-state index contributed by atoms with van der Waals surface area (Å²) < 4.78 is 4.83. The molecule has 0 heterocycles. The molecule has 0 spiro atoms. The molecule has 5 nitrogen and oxygen atoms in total. The average molecular weight is 332 g/mol. The number of hydrogen-bond acceptors (Lipinski definition) is 4. The van der Waals surface area contributed by atoms with E-state index in [9.17, 15) is 9.59 Å². The van der Waals surface area contributed by atoms with Gasteiger partial charge in [0.1, 0.15) is 6.04 Å². The van der Waals surface area contributed by atoms with Gasteiger partial charge in [0.25, 0.3) is 0 Å². The van der Waals surface area contributed by atoms with Gasteiger partial charge in [0.05, 0.1) is 13.7 Å². The van der Waals surface area contributed by atoms with Crippen molar-refractivity contribution in [1.29, 1.82) is 0 Å². The maximum Gasteiger partial charge on any atom is 0.328 e. The standard InChI is InChI=1S/C19H28N2O3/c1-4-14(2)18(19(23)24-3)20-17(22)13-21(16-10-11-16)12-15-8-6-5-7-9-15/h5-9,14,16,18H,4,10-13H2,1-3H3,(H,20,22). The summed E-state index contributed by atoms with van der Waals surface area (Å²) in [6, 6.07) is 10.0. The van der Waals surface area contributed by atoms with E-state index in [4.69, 9.17) is 4.74 Å². The zero-order valence-electron chi connectivity index (χ0n) is 14.8. The molecule has 1 aromatic carbocycles. The second kappa shape index (κ2) is 8.83. The summed E-state index contributed by atoms with van der Waals surface area (Å²) in [4.78, 5) is 26.6. The van der Waals surface area contributed by atoms with Crippen LogP contribution in [-0.2, 0) is 20.9 Å². The molecule has 1 amide bonds. The van der Waals surface area contributed by atoms with Crippen molar-refractivity contribution in [3.05, 3.63) is 35.9 Å². The highest BCUT2D eigenvalue weighted by Gasteiger charge is 2.32. The van der Waals surface area contributed by atoms with Gasteiger partial charge in [0.2, 0.25) is 5.91 Å². The van der Waals surface area contributed by atoms with Crippen LogP contribution >= 0.6 is 0 Å². The molecule has 0 bridgehead atoms. The molecule has 5 heteroatoms. The number of carbonyl (C=O) groups is 2. The number of esters is 1. The van der Waals surface area contributed by atoms with Crippen molar-refractivity contribution in [2.24, 2.45) is 5.92 Å². The molecule has 2 rings (SSSR count). The van der Waals surface area contributed by atoms with Gasteiger partial charge in [-0.05, 0) is 24.3 Å². The van der Waals surface area contributed by atoms with E-state index in [0.29, 0.717) is 12.6 Å². The largest absolute Gasteiger partial charge is 0.467 e. The topological polar surface area (TPSA) is 58.6 Å². The van der Waals surface area contributed by atoms with Crippen LogP contribution in [0.2, 0.25) is 0 Å². The fourth-order valence-electron chi connectivity index (χ4n) is 2.77. The lowest BCUT2D eigenvalue weighted by atomic mass is 9.99. The lowest BCUT2D eigenvalue weighted by molar-refractivity contribution is -0.146. The van der Waals surface area contributed by atoms with E-state index in [0.717, 1.165) is 25.8 Å². The number of hydrogen-bond donors (Lipinski definition) is 1. The Kier molecular flexibility index (Phi) is 6.79. The average Bonchev–Trinajstić information content (AvgIpc) is 3.43. The third kappa shape index (κ3) is 5.34. The Labute approximate surface area is 144 Å². The van der Waals surface area contributed by atoms with Gasteiger partial charge in [-0.3, -0.25) is 9.69 Å². The fraction of sp³-hybridized carbons (Fsp3) is 0.579. The van der Waals surface area contributed by atoms with Crippen LogP contribution in [0.15, 0.2) is 30.3 Å². The van der Waals surface area contributed by atoms with Crippen LogP contribution in [-0.4, -0.2) is 42.5 Å². The Hall–Kier alpha value is -1.88. The molecule has 24 heavy (non-hydrogen) atoms. The first-order valence-corrected chi connectivity index (χ1v) is 8.70. The third-order valence-electron chi connectivity index (χ3n) is 4.62.